The fraction of sp³-hybridized carbons (Fsp3) is 0.250. The number of benzene rings is 2. The van der Waals surface area contributed by atoms with E-state index >= 15 is 0 Å². The number of carbonyl (C=O) groups excluding carboxylic acids is 1. The lowest BCUT2D eigenvalue weighted by Gasteiger charge is -2.32. The number of fused-ring (bicyclic) bond motifs is 1. The molecule has 1 aliphatic rings. The van der Waals surface area contributed by atoms with Gasteiger partial charge in [-0.3, -0.25) is 9.78 Å². The molecule has 1 aliphatic heterocycles. The topological polar surface area (TPSA) is 58.1 Å². The van der Waals surface area contributed by atoms with Gasteiger partial charge in [-0.15, -0.1) is 0 Å². The number of nitrogens with one attached hydrogen (secondary N) is 1. The smallest absolute Gasteiger partial charge is 0.227 e. The zero-order chi connectivity index (χ0) is 17.9. The van der Waals surface area contributed by atoms with Crippen molar-refractivity contribution in [3.8, 4) is 0 Å². The highest BCUT2D eigenvalue weighted by molar-refractivity contribution is 6.33. The largest absolute Gasteiger partial charge is 0.355 e. The predicted octanol–water partition coefficient (Wildman–Crippen LogP) is 4.14. The predicted molar refractivity (Wildman–Crippen MR) is 105 cm³/mol. The summed E-state index contributed by atoms with van der Waals surface area (Å²) in [6.45, 7) is 1.57. The van der Waals surface area contributed by atoms with E-state index < -0.39 is 0 Å². The molecule has 1 amide bonds. The average molecular weight is 367 g/mol. The van der Waals surface area contributed by atoms with E-state index in [-0.39, 0.29) is 11.8 Å². The number of aromatic nitrogens is 2. The van der Waals surface area contributed by atoms with Gasteiger partial charge < -0.3 is 10.2 Å². The molecule has 1 saturated heterocycles. The first-order valence-electron chi connectivity index (χ1n) is 8.73. The molecule has 0 bridgehead atoms. The Morgan fingerprint density at radius 1 is 1.04 bits per heavy atom. The monoisotopic (exact) mass is 366 g/mol. The molecule has 132 valence electrons. The fourth-order valence-corrected chi connectivity index (χ4v) is 3.45. The Kier molecular flexibility index (Phi) is 4.71. The van der Waals surface area contributed by atoms with Crippen LogP contribution in [0.4, 0.5) is 11.5 Å². The van der Waals surface area contributed by atoms with Crippen molar-refractivity contribution in [1.82, 2.24) is 9.97 Å². The number of hydrogen-bond donors (Lipinski definition) is 1. The van der Waals surface area contributed by atoms with Crippen molar-refractivity contribution in [3.05, 3.63) is 59.8 Å². The van der Waals surface area contributed by atoms with E-state index in [0.29, 0.717) is 10.7 Å². The van der Waals surface area contributed by atoms with Crippen LogP contribution in [0.25, 0.3) is 11.0 Å². The maximum atomic E-state index is 12.5. The van der Waals surface area contributed by atoms with Gasteiger partial charge in [0, 0.05) is 19.0 Å². The number of halogens is 1. The van der Waals surface area contributed by atoms with Crippen LogP contribution in [0, 0.1) is 5.92 Å². The van der Waals surface area contributed by atoms with Crippen molar-refractivity contribution in [2.24, 2.45) is 5.92 Å². The van der Waals surface area contributed by atoms with Crippen LogP contribution >= 0.6 is 11.6 Å². The quantitative estimate of drug-likeness (QED) is 0.756. The standard InChI is InChI=1S/C20H19ClN4O/c21-15-5-1-2-6-16(15)24-20(26)14-9-11-25(12-10-14)19-13-22-17-7-3-4-8-18(17)23-19/h1-8,13-14H,9-12H2,(H,24,26). The molecule has 0 aliphatic carbocycles. The molecule has 0 unspecified atom stereocenters. The SMILES string of the molecule is O=C(Nc1ccccc1Cl)C1CCN(c2cnc3ccccc3n2)CC1. The molecule has 1 fully saturated rings. The number of carbonyl (C=O) groups is 1. The van der Waals surface area contributed by atoms with Gasteiger partial charge in [0.25, 0.3) is 0 Å². The Morgan fingerprint density at radius 2 is 1.73 bits per heavy atom. The van der Waals surface area contributed by atoms with Crippen LogP contribution in [0.15, 0.2) is 54.7 Å². The van der Waals surface area contributed by atoms with Gasteiger partial charge in [-0.1, -0.05) is 35.9 Å². The lowest BCUT2D eigenvalue weighted by Crippen LogP contribution is -2.38. The molecule has 0 radical (unpaired) electrons. The van der Waals surface area contributed by atoms with E-state index in [2.05, 4.69) is 15.2 Å². The second kappa shape index (κ2) is 7.30. The molecule has 26 heavy (non-hydrogen) atoms. The number of rotatable bonds is 3. The average Bonchev–Trinajstić information content (AvgIpc) is 2.69. The van der Waals surface area contributed by atoms with Gasteiger partial charge in [0.2, 0.25) is 5.91 Å². The lowest BCUT2D eigenvalue weighted by atomic mass is 9.96. The van der Waals surface area contributed by atoms with Gasteiger partial charge in [0.1, 0.15) is 5.82 Å². The highest BCUT2D eigenvalue weighted by Crippen LogP contribution is 2.26. The van der Waals surface area contributed by atoms with Crippen LogP contribution in [0.3, 0.4) is 0 Å². The fourth-order valence-electron chi connectivity index (χ4n) is 3.27. The first kappa shape index (κ1) is 16.8. The highest BCUT2D eigenvalue weighted by atomic mass is 35.5. The van der Waals surface area contributed by atoms with Crippen molar-refractivity contribution in [3.63, 3.8) is 0 Å². The van der Waals surface area contributed by atoms with Gasteiger partial charge in [0.15, 0.2) is 0 Å². The molecule has 0 spiro atoms. The number of amides is 1. The first-order chi connectivity index (χ1) is 12.7. The summed E-state index contributed by atoms with van der Waals surface area (Å²) in [7, 11) is 0. The molecular formula is C20H19ClN4O. The maximum absolute atomic E-state index is 12.5. The number of piperidine rings is 1. The summed E-state index contributed by atoms with van der Waals surface area (Å²) < 4.78 is 0. The molecule has 5 nitrogen and oxygen atoms in total. The van der Waals surface area contributed by atoms with Crippen LogP contribution in [0.5, 0.6) is 0 Å². The third kappa shape index (κ3) is 3.48. The summed E-state index contributed by atoms with van der Waals surface area (Å²) in [5.41, 5.74) is 2.45. The second-order valence-electron chi connectivity index (χ2n) is 6.45. The van der Waals surface area contributed by atoms with Crippen molar-refractivity contribution in [1.29, 1.82) is 0 Å². The van der Waals surface area contributed by atoms with E-state index in [4.69, 9.17) is 16.6 Å². The van der Waals surface area contributed by atoms with Gasteiger partial charge in [-0.25, -0.2) is 4.98 Å². The third-order valence-electron chi connectivity index (χ3n) is 4.76. The summed E-state index contributed by atoms with van der Waals surface area (Å²) in [6.07, 6.45) is 3.38. The summed E-state index contributed by atoms with van der Waals surface area (Å²) in [5.74, 6) is 0.881. The maximum Gasteiger partial charge on any atom is 0.227 e. The van der Waals surface area contributed by atoms with Crippen LogP contribution < -0.4 is 10.2 Å². The Bertz CT molecular complexity index is 938. The van der Waals surface area contributed by atoms with E-state index in [9.17, 15) is 4.79 Å². The minimum Gasteiger partial charge on any atom is -0.355 e. The zero-order valence-corrected chi connectivity index (χ0v) is 15.0. The summed E-state index contributed by atoms with van der Waals surface area (Å²) in [6, 6.07) is 15.2. The van der Waals surface area contributed by atoms with Gasteiger partial charge in [-0.05, 0) is 37.1 Å². The van der Waals surface area contributed by atoms with E-state index in [1.165, 1.54) is 0 Å². The van der Waals surface area contributed by atoms with Crippen molar-refractivity contribution < 1.29 is 4.79 Å². The van der Waals surface area contributed by atoms with Crippen LogP contribution in [-0.4, -0.2) is 29.0 Å². The van der Waals surface area contributed by atoms with E-state index in [1.807, 2.05) is 48.7 Å². The molecule has 4 rings (SSSR count). The van der Waals surface area contributed by atoms with E-state index in [1.54, 1.807) is 6.07 Å². The Hall–Kier alpha value is -2.66. The highest BCUT2D eigenvalue weighted by Gasteiger charge is 2.26. The number of hydrogen-bond acceptors (Lipinski definition) is 4. The van der Waals surface area contributed by atoms with Crippen LogP contribution in [0.1, 0.15) is 12.8 Å². The zero-order valence-electron chi connectivity index (χ0n) is 14.2. The molecular weight excluding hydrogens is 348 g/mol. The first-order valence-corrected chi connectivity index (χ1v) is 9.10. The molecule has 2 aromatic carbocycles. The normalized spacial score (nSPS) is 15.2. The summed E-state index contributed by atoms with van der Waals surface area (Å²) in [5, 5.41) is 3.50. The molecule has 1 aromatic heterocycles. The number of nitrogens with zero attached hydrogens (tertiary/aromatic N) is 3. The van der Waals surface area contributed by atoms with Gasteiger partial charge >= 0.3 is 0 Å². The van der Waals surface area contributed by atoms with E-state index in [0.717, 1.165) is 42.8 Å². The molecule has 6 heteroatoms. The Balaban J connectivity index is 1.40. The van der Waals surface area contributed by atoms with Crippen LogP contribution in [-0.2, 0) is 4.79 Å². The van der Waals surface area contributed by atoms with Crippen molar-refractivity contribution in [2.45, 2.75) is 12.8 Å². The molecule has 3 aromatic rings. The second-order valence-corrected chi connectivity index (χ2v) is 6.85. The Morgan fingerprint density at radius 3 is 2.50 bits per heavy atom. The van der Waals surface area contributed by atoms with Gasteiger partial charge in [-0.2, -0.15) is 0 Å². The van der Waals surface area contributed by atoms with Crippen molar-refractivity contribution in [2.75, 3.05) is 23.3 Å². The Labute approximate surface area is 157 Å². The minimum atomic E-state index is -0.0176. The van der Waals surface area contributed by atoms with Crippen LogP contribution in [0.2, 0.25) is 5.02 Å². The molecule has 1 N–H and O–H groups in total. The van der Waals surface area contributed by atoms with Gasteiger partial charge in [0.05, 0.1) is 27.9 Å². The summed E-state index contributed by atoms with van der Waals surface area (Å²) >= 11 is 6.12. The molecule has 2 heterocycles. The molecule has 0 atom stereocenters. The number of anilines is 2. The minimum absolute atomic E-state index is 0.0176. The third-order valence-corrected chi connectivity index (χ3v) is 5.09. The number of para-hydroxylation sites is 3. The lowest BCUT2D eigenvalue weighted by molar-refractivity contribution is -0.120. The summed E-state index contributed by atoms with van der Waals surface area (Å²) in [4.78, 5) is 23.9. The van der Waals surface area contributed by atoms with Crippen molar-refractivity contribution >= 4 is 40.0 Å². The molecule has 0 saturated carbocycles.